The normalized spacial score (nSPS) is 10.5. The number of aromatic hydroxyl groups is 1. The number of carbonyl (C=O) groups is 1. The van der Waals surface area contributed by atoms with Gasteiger partial charge in [0.05, 0.1) is 19.9 Å². The number of phenolic OH excluding ortho intramolecular Hbond substituents is 1. The molecule has 23 heavy (non-hydrogen) atoms. The van der Waals surface area contributed by atoms with E-state index in [0.29, 0.717) is 11.3 Å². The average molecular weight is 425 g/mol. The first kappa shape index (κ1) is 17.1. The number of anilines is 1. The lowest BCUT2D eigenvalue weighted by Crippen LogP contribution is -2.25. The molecule has 0 aromatic heterocycles. The zero-order valence-electron chi connectivity index (χ0n) is 12.4. The van der Waals surface area contributed by atoms with Crippen molar-refractivity contribution in [2.24, 2.45) is 5.10 Å². The van der Waals surface area contributed by atoms with Crippen molar-refractivity contribution in [3.05, 3.63) is 51.6 Å². The second-order valence-corrected chi connectivity index (χ2v) is 5.83. The molecule has 0 aliphatic carbocycles. The van der Waals surface area contributed by atoms with Crippen LogP contribution in [0.4, 0.5) is 5.69 Å². The van der Waals surface area contributed by atoms with Crippen molar-refractivity contribution in [1.82, 2.24) is 5.43 Å². The molecule has 2 rings (SSSR count). The smallest absolute Gasteiger partial charge is 0.259 e. The van der Waals surface area contributed by atoms with Gasteiger partial charge in [-0.1, -0.05) is 0 Å². The molecule has 120 valence electrons. The Morgan fingerprint density at radius 3 is 2.74 bits per heavy atom. The molecule has 0 bridgehead atoms. The van der Waals surface area contributed by atoms with Gasteiger partial charge in [0.1, 0.15) is 0 Å². The van der Waals surface area contributed by atoms with Crippen LogP contribution >= 0.6 is 22.6 Å². The molecule has 7 heteroatoms. The highest BCUT2D eigenvalue weighted by Crippen LogP contribution is 2.25. The number of phenols is 1. The maximum atomic E-state index is 11.7. The van der Waals surface area contributed by atoms with Crippen molar-refractivity contribution >= 4 is 40.4 Å². The number of hydrogen-bond acceptors (Lipinski definition) is 5. The van der Waals surface area contributed by atoms with E-state index in [0.717, 1.165) is 9.26 Å². The summed E-state index contributed by atoms with van der Waals surface area (Å²) in [6, 6.07) is 12.5. The van der Waals surface area contributed by atoms with Gasteiger partial charge in [-0.15, -0.1) is 0 Å². The predicted molar refractivity (Wildman–Crippen MR) is 98.0 cm³/mol. The third-order valence-electron chi connectivity index (χ3n) is 2.90. The van der Waals surface area contributed by atoms with Crippen LogP contribution in [0.2, 0.25) is 0 Å². The van der Waals surface area contributed by atoms with Crippen molar-refractivity contribution in [3.63, 3.8) is 0 Å². The van der Waals surface area contributed by atoms with Crippen LogP contribution in [0.3, 0.4) is 0 Å². The molecule has 2 aromatic carbocycles. The summed E-state index contributed by atoms with van der Waals surface area (Å²) in [5.74, 6) is 0.140. The third-order valence-corrected chi connectivity index (χ3v) is 3.62. The lowest BCUT2D eigenvalue weighted by atomic mass is 10.2. The number of nitrogens with one attached hydrogen (secondary N) is 2. The zero-order chi connectivity index (χ0) is 16.7. The van der Waals surface area contributed by atoms with Gasteiger partial charge >= 0.3 is 0 Å². The van der Waals surface area contributed by atoms with Crippen LogP contribution in [-0.4, -0.2) is 30.9 Å². The number of methoxy groups -OCH3 is 1. The summed E-state index contributed by atoms with van der Waals surface area (Å²) in [4.78, 5) is 11.7. The lowest BCUT2D eigenvalue weighted by molar-refractivity contribution is -0.119. The summed E-state index contributed by atoms with van der Waals surface area (Å²) in [7, 11) is 1.47. The molecule has 0 aliphatic heterocycles. The van der Waals surface area contributed by atoms with Gasteiger partial charge in [-0.2, -0.15) is 5.10 Å². The average Bonchev–Trinajstić information content (AvgIpc) is 2.56. The molecular formula is C16H16IN3O3. The van der Waals surface area contributed by atoms with Gasteiger partial charge in [0, 0.05) is 9.26 Å². The fourth-order valence-electron chi connectivity index (χ4n) is 1.74. The number of halogens is 1. The van der Waals surface area contributed by atoms with E-state index in [1.165, 1.54) is 19.4 Å². The number of hydrogen-bond donors (Lipinski definition) is 3. The van der Waals surface area contributed by atoms with Gasteiger partial charge in [-0.3, -0.25) is 4.79 Å². The Morgan fingerprint density at radius 1 is 1.30 bits per heavy atom. The molecule has 0 radical (unpaired) electrons. The maximum absolute atomic E-state index is 11.7. The van der Waals surface area contributed by atoms with E-state index in [4.69, 9.17) is 4.74 Å². The Kier molecular flexibility index (Phi) is 6.21. The van der Waals surface area contributed by atoms with E-state index in [2.05, 4.69) is 38.4 Å². The van der Waals surface area contributed by atoms with Crippen molar-refractivity contribution in [2.45, 2.75) is 0 Å². The molecule has 0 saturated carbocycles. The van der Waals surface area contributed by atoms with Crippen LogP contribution < -0.4 is 15.5 Å². The number of nitrogens with zero attached hydrogens (tertiary/aromatic N) is 1. The minimum Gasteiger partial charge on any atom is -0.504 e. The highest BCUT2D eigenvalue weighted by atomic mass is 127. The predicted octanol–water partition coefficient (Wildman–Crippen LogP) is 2.57. The van der Waals surface area contributed by atoms with Crippen molar-refractivity contribution in [1.29, 1.82) is 0 Å². The quantitative estimate of drug-likeness (QED) is 0.378. The van der Waals surface area contributed by atoms with Crippen LogP contribution in [-0.2, 0) is 4.79 Å². The second kappa shape index (κ2) is 8.37. The van der Waals surface area contributed by atoms with E-state index in [1.807, 2.05) is 24.3 Å². The van der Waals surface area contributed by atoms with Crippen LogP contribution in [0.1, 0.15) is 5.56 Å². The molecule has 0 fully saturated rings. The summed E-state index contributed by atoms with van der Waals surface area (Å²) in [6.07, 6.45) is 1.48. The van der Waals surface area contributed by atoms with E-state index >= 15 is 0 Å². The second-order valence-electron chi connectivity index (χ2n) is 4.58. The first-order chi connectivity index (χ1) is 11.1. The SMILES string of the molecule is COc1cc(C=NNC(=O)CNc2ccc(I)cc2)ccc1O. The topological polar surface area (TPSA) is 83.0 Å². The molecule has 2 aromatic rings. The number of ether oxygens (including phenoxy) is 1. The summed E-state index contributed by atoms with van der Waals surface area (Å²) in [5, 5.41) is 16.4. The number of carbonyl (C=O) groups excluding carboxylic acids is 1. The molecule has 0 unspecified atom stereocenters. The van der Waals surface area contributed by atoms with Gasteiger partial charge < -0.3 is 15.2 Å². The number of hydrazone groups is 1. The van der Waals surface area contributed by atoms with Crippen molar-refractivity contribution in [2.75, 3.05) is 19.0 Å². The Labute approximate surface area is 147 Å². The highest BCUT2D eigenvalue weighted by molar-refractivity contribution is 14.1. The number of rotatable bonds is 6. The van der Waals surface area contributed by atoms with E-state index in [-0.39, 0.29) is 18.2 Å². The van der Waals surface area contributed by atoms with Gasteiger partial charge in [-0.25, -0.2) is 5.43 Å². The number of benzene rings is 2. The fourth-order valence-corrected chi connectivity index (χ4v) is 2.10. The fraction of sp³-hybridized carbons (Fsp3) is 0.125. The maximum Gasteiger partial charge on any atom is 0.259 e. The molecule has 0 spiro atoms. The van der Waals surface area contributed by atoms with Crippen LogP contribution in [0.15, 0.2) is 47.6 Å². The molecule has 6 nitrogen and oxygen atoms in total. The van der Waals surface area contributed by atoms with Gasteiger partial charge in [0.25, 0.3) is 5.91 Å². The lowest BCUT2D eigenvalue weighted by Gasteiger charge is -2.05. The van der Waals surface area contributed by atoms with Gasteiger partial charge in [0.2, 0.25) is 0 Å². The Balaban J connectivity index is 1.82. The summed E-state index contributed by atoms with van der Waals surface area (Å²) in [5.41, 5.74) is 4.00. The summed E-state index contributed by atoms with van der Waals surface area (Å²) in [6.45, 7) is 0.122. The summed E-state index contributed by atoms with van der Waals surface area (Å²) >= 11 is 2.22. The standard InChI is InChI=1S/C16H16IN3O3/c1-23-15-8-11(2-7-14(15)21)9-19-20-16(22)10-18-13-5-3-12(17)4-6-13/h2-9,18,21H,10H2,1H3,(H,20,22). The molecule has 3 N–H and O–H groups in total. The Bertz CT molecular complexity index is 702. The molecule has 1 amide bonds. The third kappa shape index (κ3) is 5.44. The van der Waals surface area contributed by atoms with Crippen molar-refractivity contribution < 1.29 is 14.6 Å². The molecule has 0 aliphatic rings. The number of amides is 1. The molecule has 0 heterocycles. The molecule has 0 atom stereocenters. The first-order valence-corrected chi connectivity index (χ1v) is 7.84. The minimum absolute atomic E-state index is 0.0513. The summed E-state index contributed by atoms with van der Waals surface area (Å²) < 4.78 is 6.13. The van der Waals surface area contributed by atoms with Gasteiger partial charge in [0.15, 0.2) is 11.5 Å². The monoisotopic (exact) mass is 425 g/mol. The largest absolute Gasteiger partial charge is 0.504 e. The van der Waals surface area contributed by atoms with Crippen molar-refractivity contribution in [3.8, 4) is 11.5 Å². The van der Waals surface area contributed by atoms with E-state index < -0.39 is 0 Å². The first-order valence-electron chi connectivity index (χ1n) is 6.77. The van der Waals surface area contributed by atoms with E-state index in [1.54, 1.807) is 12.1 Å². The highest BCUT2D eigenvalue weighted by Gasteiger charge is 2.02. The van der Waals surface area contributed by atoms with Gasteiger partial charge in [-0.05, 0) is 70.6 Å². The van der Waals surface area contributed by atoms with Crippen LogP contribution in [0.5, 0.6) is 11.5 Å². The minimum atomic E-state index is -0.259. The Morgan fingerprint density at radius 2 is 2.04 bits per heavy atom. The molecule has 0 saturated heterocycles. The Hall–Kier alpha value is -2.29. The zero-order valence-corrected chi connectivity index (χ0v) is 14.6. The van der Waals surface area contributed by atoms with Crippen LogP contribution in [0.25, 0.3) is 0 Å². The van der Waals surface area contributed by atoms with Crippen LogP contribution in [0, 0.1) is 3.57 Å². The molecular weight excluding hydrogens is 409 g/mol. The van der Waals surface area contributed by atoms with E-state index in [9.17, 15) is 9.90 Å².